The fraction of sp³-hybridized carbons (Fsp3) is 0.333. The van der Waals surface area contributed by atoms with Gasteiger partial charge in [0.25, 0.3) is 6.43 Å². The molecule has 0 aromatic carbocycles. The number of carbonyl (C=O) groups excluding carboxylic acids is 1. The standard InChI is InChI=1S/C9H7F4NO2/c1-2-16-9(15)7-6(11)4(10)3-5(14-7)8(12)13/h3,8H,2H2,1H3. The minimum Gasteiger partial charge on any atom is -0.461 e. The van der Waals surface area contributed by atoms with Crippen molar-refractivity contribution in [2.24, 2.45) is 0 Å². The fourth-order valence-electron chi connectivity index (χ4n) is 0.963. The van der Waals surface area contributed by atoms with Gasteiger partial charge in [-0.05, 0) is 6.92 Å². The second-order valence-electron chi connectivity index (χ2n) is 2.71. The average Bonchev–Trinajstić information content (AvgIpc) is 2.21. The van der Waals surface area contributed by atoms with Crippen LogP contribution in [0.15, 0.2) is 6.07 Å². The molecule has 0 fully saturated rings. The van der Waals surface area contributed by atoms with Gasteiger partial charge in [0.1, 0.15) is 5.69 Å². The lowest BCUT2D eigenvalue weighted by Gasteiger charge is -2.05. The molecule has 1 rings (SSSR count). The molecule has 0 aliphatic carbocycles. The molecular weight excluding hydrogens is 230 g/mol. The highest BCUT2D eigenvalue weighted by Crippen LogP contribution is 2.20. The molecule has 0 radical (unpaired) electrons. The molecule has 1 heterocycles. The number of hydrogen-bond donors (Lipinski definition) is 0. The highest BCUT2D eigenvalue weighted by molar-refractivity contribution is 5.87. The smallest absolute Gasteiger partial charge is 0.360 e. The Labute approximate surface area is 88.0 Å². The van der Waals surface area contributed by atoms with Crippen molar-refractivity contribution in [2.45, 2.75) is 13.3 Å². The Morgan fingerprint density at radius 2 is 2.12 bits per heavy atom. The Balaban J connectivity index is 3.21. The SMILES string of the molecule is CCOC(=O)c1nc(C(F)F)cc(F)c1F. The Morgan fingerprint density at radius 3 is 2.62 bits per heavy atom. The van der Waals surface area contributed by atoms with Gasteiger partial charge in [0, 0.05) is 6.07 Å². The first-order valence-corrected chi connectivity index (χ1v) is 4.28. The van der Waals surface area contributed by atoms with Gasteiger partial charge in [-0.15, -0.1) is 0 Å². The number of hydrogen-bond acceptors (Lipinski definition) is 3. The Bertz CT molecular complexity index is 409. The van der Waals surface area contributed by atoms with Crippen molar-refractivity contribution < 1.29 is 27.1 Å². The second-order valence-corrected chi connectivity index (χ2v) is 2.71. The number of pyridine rings is 1. The van der Waals surface area contributed by atoms with Gasteiger partial charge >= 0.3 is 5.97 Å². The molecule has 88 valence electrons. The van der Waals surface area contributed by atoms with Crippen LogP contribution in [0.4, 0.5) is 17.6 Å². The highest BCUT2D eigenvalue weighted by Gasteiger charge is 2.23. The molecule has 0 atom stereocenters. The predicted molar refractivity (Wildman–Crippen MR) is 45.1 cm³/mol. The summed E-state index contributed by atoms with van der Waals surface area (Å²) in [6.45, 7) is 1.34. The lowest BCUT2D eigenvalue weighted by atomic mass is 10.2. The summed E-state index contributed by atoms with van der Waals surface area (Å²) in [5.74, 6) is -4.43. The maximum Gasteiger partial charge on any atom is 0.360 e. The van der Waals surface area contributed by atoms with Crippen molar-refractivity contribution >= 4 is 5.97 Å². The minimum absolute atomic E-state index is 0.0967. The van der Waals surface area contributed by atoms with Crippen molar-refractivity contribution in [3.8, 4) is 0 Å². The number of carbonyl (C=O) groups is 1. The molecule has 1 aromatic heterocycles. The number of alkyl halides is 2. The van der Waals surface area contributed by atoms with E-state index in [-0.39, 0.29) is 12.7 Å². The van der Waals surface area contributed by atoms with Crippen LogP contribution < -0.4 is 0 Å². The summed E-state index contributed by atoms with van der Waals surface area (Å²) in [6.07, 6.45) is -3.09. The van der Waals surface area contributed by atoms with E-state index >= 15 is 0 Å². The Kier molecular flexibility index (Phi) is 3.81. The third-order valence-electron chi connectivity index (χ3n) is 1.63. The molecule has 1 aromatic rings. The number of ether oxygens (including phenoxy) is 1. The van der Waals surface area contributed by atoms with Crippen molar-refractivity contribution in [3.63, 3.8) is 0 Å². The van der Waals surface area contributed by atoms with Gasteiger partial charge in [-0.2, -0.15) is 0 Å². The summed E-state index contributed by atoms with van der Waals surface area (Å²) in [7, 11) is 0. The van der Waals surface area contributed by atoms with Crippen LogP contribution in [-0.2, 0) is 4.74 Å². The van der Waals surface area contributed by atoms with Crippen LogP contribution in [0.2, 0.25) is 0 Å². The molecule has 0 spiro atoms. The number of aromatic nitrogens is 1. The van der Waals surface area contributed by atoms with Crippen LogP contribution >= 0.6 is 0 Å². The van der Waals surface area contributed by atoms with Gasteiger partial charge in [0.05, 0.1) is 6.61 Å². The molecule has 0 amide bonds. The van der Waals surface area contributed by atoms with Crippen LogP contribution in [0.1, 0.15) is 29.5 Å². The normalized spacial score (nSPS) is 10.6. The molecule has 7 heteroatoms. The molecular formula is C9H7F4NO2. The summed E-state index contributed by atoms with van der Waals surface area (Å²) in [6, 6.07) is 0.239. The van der Waals surface area contributed by atoms with Crippen LogP contribution in [-0.4, -0.2) is 17.6 Å². The summed E-state index contributed by atoms with van der Waals surface area (Å²) in [5.41, 5.74) is -2.08. The van der Waals surface area contributed by atoms with E-state index in [1.54, 1.807) is 0 Å². The largest absolute Gasteiger partial charge is 0.461 e. The van der Waals surface area contributed by atoms with E-state index in [9.17, 15) is 22.4 Å². The average molecular weight is 237 g/mol. The molecule has 0 bridgehead atoms. The van der Waals surface area contributed by atoms with Gasteiger partial charge < -0.3 is 4.74 Å². The third kappa shape index (κ3) is 2.47. The first kappa shape index (κ1) is 12.4. The molecule has 0 aliphatic rings. The zero-order valence-corrected chi connectivity index (χ0v) is 8.14. The fourth-order valence-corrected chi connectivity index (χ4v) is 0.963. The lowest BCUT2D eigenvalue weighted by molar-refractivity contribution is 0.0510. The first-order valence-electron chi connectivity index (χ1n) is 4.28. The molecule has 0 saturated carbocycles. The Hall–Kier alpha value is -1.66. The number of esters is 1. The molecule has 0 aliphatic heterocycles. The maximum absolute atomic E-state index is 13.0. The predicted octanol–water partition coefficient (Wildman–Crippen LogP) is 2.47. The number of rotatable bonds is 3. The molecule has 0 N–H and O–H groups in total. The molecule has 0 unspecified atom stereocenters. The zero-order chi connectivity index (χ0) is 12.3. The van der Waals surface area contributed by atoms with E-state index in [4.69, 9.17) is 0 Å². The lowest BCUT2D eigenvalue weighted by Crippen LogP contribution is -2.13. The van der Waals surface area contributed by atoms with E-state index in [1.807, 2.05) is 0 Å². The number of nitrogens with zero attached hydrogens (tertiary/aromatic N) is 1. The van der Waals surface area contributed by atoms with Gasteiger partial charge in [0.2, 0.25) is 0 Å². The first-order chi connectivity index (χ1) is 7.47. The van der Waals surface area contributed by atoms with E-state index in [2.05, 4.69) is 9.72 Å². The van der Waals surface area contributed by atoms with Gasteiger partial charge in [0.15, 0.2) is 17.3 Å². The summed E-state index contributed by atoms with van der Waals surface area (Å²) in [4.78, 5) is 14.1. The van der Waals surface area contributed by atoms with Crippen molar-refractivity contribution in [1.29, 1.82) is 0 Å². The van der Waals surface area contributed by atoms with Crippen molar-refractivity contribution in [1.82, 2.24) is 4.98 Å². The van der Waals surface area contributed by atoms with E-state index < -0.39 is 35.4 Å². The maximum atomic E-state index is 13.0. The van der Waals surface area contributed by atoms with E-state index in [0.29, 0.717) is 0 Å². The summed E-state index contributed by atoms with van der Waals surface area (Å²) in [5, 5.41) is 0. The van der Waals surface area contributed by atoms with Crippen LogP contribution in [0.3, 0.4) is 0 Å². The number of halogens is 4. The quantitative estimate of drug-likeness (QED) is 0.598. The van der Waals surface area contributed by atoms with Gasteiger partial charge in [-0.1, -0.05) is 0 Å². The van der Waals surface area contributed by atoms with E-state index in [1.165, 1.54) is 6.92 Å². The second kappa shape index (κ2) is 4.91. The third-order valence-corrected chi connectivity index (χ3v) is 1.63. The Morgan fingerprint density at radius 1 is 1.50 bits per heavy atom. The monoisotopic (exact) mass is 237 g/mol. The summed E-state index contributed by atoms with van der Waals surface area (Å²) < 4.78 is 54.6. The minimum atomic E-state index is -3.09. The van der Waals surface area contributed by atoms with Gasteiger partial charge in [-0.3, -0.25) is 0 Å². The van der Waals surface area contributed by atoms with Gasteiger partial charge in [-0.25, -0.2) is 27.3 Å². The van der Waals surface area contributed by atoms with Crippen LogP contribution in [0.5, 0.6) is 0 Å². The molecule has 16 heavy (non-hydrogen) atoms. The topological polar surface area (TPSA) is 39.2 Å². The zero-order valence-electron chi connectivity index (χ0n) is 8.14. The molecule has 3 nitrogen and oxygen atoms in total. The van der Waals surface area contributed by atoms with Crippen molar-refractivity contribution in [2.75, 3.05) is 6.61 Å². The molecule has 0 saturated heterocycles. The highest BCUT2D eigenvalue weighted by atomic mass is 19.3. The van der Waals surface area contributed by atoms with Crippen LogP contribution in [0.25, 0.3) is 0 Å². The van der Waals surface area contributed by atoms with Crippen LogP contribution in [0, 0.1) is 11.6 Å². The van der Waals surface area contributed by atoms with Crippen molar-refractivity contribution in [3.05, 3.63) is 29.1 Å². The summed E-state index contributed by atoms with van der Waals surface area (Å²) >= 11 is 0. The van der Waals surface area contributed by atoms with E-state index in [0.717, 1.165) is 0 Å².